The van der Waals surface area contributed by atoms with Crippen molar-refractivity contribution in [1.82, 2.24) is 0 Å². The average Bonchev–Trinajstić information content (AvgIpc) is 2.47. The molecule has 23 heavy (non-hydrogen) atoms. The fourth-order valence-electron chi connectivity index (χ4n) is 0.228. The number of hydrogen-bond acceptors (Lipinski definition) is 12. The van der Waals surface area contributed by atoms with Gasteiger partial charge < -0.3 is 55.8 Å². The third-order valence-electron chi connectivity index (χ3n) is 1.03. The van der Waals surface area contributed by atoms with Gasteiger partial charge in [0.05, 0.1) is 25.0 Å². The summed E-state index contributed by atoms with van der Waals surface area (Å²) >= 11 is -1.11. The molecule has 0 rings (SSSR count). The van der Waals surface area contributed by atoms with E-state index in [1.54, 1.807) is 0 Å². The van der Waals surface area contributed by atoms with Crippen molar-refractivity contribution in [2.75, 3.05) is 26.2 Å². The number of nitrogens with two attached hydrogens (primary N) is 4. The quantitative estimate of drug-likeness (QED) is 0.319. The zero-order chi connectivity index (χ0) is 17.3. The second-order valence-corrected chi connectivity index (χ2v) is 3.30. The minimum Gasteiger partial charge on any atom is -0.588 e. The number of aliphatic carboxylic acids is 2. The summed E-state index contributed by atoms with van der Waals surface area (Å²) in [6.07, 6.45) is 0. The van der Waals surface area contributed by atoms with Gasteiger partial charge in [-0.25, -0.2) is 0 Å². The molecule has 0 atom stereocenters. The second kappa shape index (κ2) is 25.9. The summed E-state index contributed by atoms with van der Waals surface area (Å²) in [6.45, 7) is -1.21. The largest absolute Gasteiger partial charge is 2.00 e. The Labute approximate surface area is 154 Å². The van der Waals surface area contributed by atoms with Crippen LogP contribution >= 0.6 is 0 Å². The van der Waals surface area contributed by atoms with E-state index in [9.17, 15) is 9.59 Å². The molecule has 13 nitrogen and oxygen atoms in total. The summed E-state index contributed by atoms with van der Waals surface area (Å²) in [5.41, 5.74) is 18.8. The van der Waals surface area contributed by atoms with Crippen molar-refractivity contribution in [3.05, 3.63) is 0 Å². The van der Waals surface area contributed by atoms with E-state index in [1.807, 2.05) is 0 Å². The molecule has 0 aromatic carbocycles. The van der Waals surface area contributed by atoms with Gasteiger partial charge in [-0.2, -0.15) is 0 Å². The smallest absolute Gasteiger partial charge is 0.588 e. The average molecular weight is 366 g/mol. The maximum Gasteiger partial charge on any atom is 2.00 e. The molecule has 0 aliphatic heterocycles. The van der Waals surface area contributed by atoms with E-state index < -0.39 is 39.8 Å². The molecular formula is C8H18AlMgN4O9. The van der Waals surface area contributed by atoms with Gasteiger partial charge in [0, 0.05) is 13.1 Å². The number of carbonyl (C=O) groups is 4. The van der Waals surface area contributed by atoms with Crippen LogP contribution in [-0.4, -0.2) is 94.5 Å². The van der Waals surface area contributed by atoms with Gasteiger partial charge in [-0.05, 0) is 0 Å². The molecule has 10 N–H and O–H groups in total. The Balaban J connectivity index is -0.0000000767. The Bertz CT molecular complexity index is 305. The predicted octanol–water partition coefficient (Wildman–Crippen LogP) is -8.29. The molecule has 0 amide bonds. The monoisotopic (exact) mass is 365 g/mol. The molecule has 129 valence electrons. The van der Waals surface area contributed by atoms with Crippen LogP contribution in [0.1, 0.15) is 0 Å². The molecule has 0 spiro atoms. The first kappa shape index (κ1) is 33.6. The molecule has 0 aliphatic rings. The molecule has 0 bridgehead atoms. The topological polar surface area (TPSA) is 268 Å². The first-order chi connectivity index (χ1) is 9.74. The summed E-state index contributed by atoms with van der Waals surface area (Å²) in [5.74, 6) is -3.62. The minimum atomic E-state index is -1.22. The van der Waals surface area contributed by atoms with Gasteiger partial charge in [-0.3, -0.25) is 9.59 Å². The summed E-state index contributed by atoms with van der Waals surface area (Å²) in [5, 5.41) is 18.3. The summed E-state index contributed by atoms with van der Waals surface area (Å²) in [4.78, 5) is 38.9. The summed E-state index contributed by atoms with van der Waals surface area (Å²) in [7, 11) is 0. The van der Waals surface area contributed by atoms with Gasteiger partial charge in [0.25, 0.3) is 11.9 Å². The van der Waals surface area contributed by atoms with Crippen LogP contribution in [0.4, 0.5) is 0 Å². The van der Waals surface area contributed by atoms with Crippen LogP contribution in [0.3, 0.4) is 0 Å². The zero-order valence-electron chi connectivity index (χ0n) is 12.2. The Hall–Kier alpha value is -1.02. The molecule has 0 heterocycles. The van der Waals surface area contributed by atoms with Crippen molar-refractivity contribution in [1.29, 1.82) is 0 Å². The summed E-state index contributed by atoms with van der Waals surface area (Å²) < 4.78 is 8.77. The van der Waals surface area contributed by atoms with Crippen molar-refractivity contribution in [2.45, 2.75) is 0 Å². The van der Waals surface area contributed by atoms with Crippen LogP contribution in [0, 0.1) is 0 Å². The second-order valence-electron chi connectivity index (χ2n) is 2.64. The summed E-state index contributed by atoms with van der Waals surface area (Å²) in [6, 6.07) is 0. The Morgan fingerprint density at radius 2 is 0.957 bits per heavy atom. The van der Waals surface area contributed by atoms with E-state index in [0.717, 1.165) is 0 Å². The molecule has 0 fully saturated rings. The Kier molecular flexibility index (Phi) is 37.8. The van der Waals surface area contributed by atoms with Crippen LogP contribution in [0.2, 0.25) is 0 Å². The zero-order valence-corrected chi connectivity index (χ0v) is 14.8. The van der Waals surface area contributed by atoms with Gasteiger partial charge >= 0.3 is 38.9 Å². The Morgan fingerprint density at radius 3 is 1.09 bits per heavy atom. The Morgan fingerprint density at radius 1 is 0.739 bits per heavy atom. The van der Waals surface area contributed by atoms with Crippen LogP contribution in [0.15, 0.2) is 0 Å². The van der Waals surface area contributed by atoms with Crippen LogP contribution in [-0.2, 0) is 26.8 Å². The van der Waals surface area contributed by atoms with Crippen molar-refractivity contribution < 1.29 is 42.4 Å². The molecule has 0 aromatic rings. The maximum atomic E-state index is 10.3. The van der Waals surface area contributed by atoms with E-state index >= 15 is 0 Å². The van der Waals surface area contributed by atoms with Gasteiger partial charge in [0.1, 0.15) is 0 Å². The van der Waals surface area contributed by atoms with Crippen molar-refractivity contribution in [3.63, 3.8) is 0 Å². The van der Waals surface area contributed by atoms with Crippen molar-refractivity contribution >= 4 is 62.8 Å². The standard InChI is InChI=1S/4C2H5NO2.Al.Mg.H2O/c4*3-1-2(4)5;;;/h4*1,3H2,(H,4,5);;;1H2/q;;;;2*+2;/p-4. The first-order valence-corrected chi connectivity index (χ1v) is 6.09. The van der Waals surface area contributed by atoms with E-state index in [4.69, 9.17) is 31.3 Å². The molecule has 15 heteroatoms. The SMILES string of the molecule is NCC(=O)[O-].NCC(=O)[O-].NCC(=O)[O][Al][O]C(=O)CN.O.[Mg+2]. The predicted molar refractivity (Wildman–Crippen MR) is 73.5 cm³/mol. The number of carboxylic acid groups (broad SMARTS) is 2. The fourth-order valence-corrected chi connectivity index (χ4v) is 0.683. The molecule has 0 aliphatic carbocycles. The number of carbonyl (C=O) groups excluding carboxylic acids is 4. The van der Waals surface area contributed by atoms with Crippen LogP contribution < -0.4 is 33.1 Å². The normalized spacial score (nSPS) is 7.30. The fraction of sp³-hybridized carbons (Fsp3) is 0.500. The van der Waals surface area contributed by atoms with E-state index in [1.165, 1.54) is 0 Å². The number of carboxylic acids is 2. The molecule has 1 radical (unpaired) electrons. The molecular weight excluding hydrogens is 347 g/mol. The molecule has 0 aromatic heterocycles. The number of rotatable bonds is 6. The van der Waals surface area contributed by atoms with Gasteiger partial charge in [0.15, 0.2) is 0 Å². The van der Waals surface area contributed by atoms with Crippen molar-refractivity contribution in [3.8, 4) is 0 Å². The first-order valence-electron chi connectivity index (χ1n) is 5.15. The molecule has 0 saturated heterocycles. The van der Waals surface area contributed by atoms with Crippen LogP contribution in [0.25, 0.3) is 0 Å². The van der Waals surface area contributed by atoms with Gasteiger partial charge in [0.2, 0.25) is 0 Å². The van der Waals surface area contributed by atoms with E-state index in [-0.39, 0.29) is 54.7 Å². The van der Waals surface area contributed by atoms with Gasteiger partial charge in [-0.15, -0.1) is 0 Å². The minimum absolute atomic E-state index is 0. The van der Waals surface area contributed by atoms with Crippen molar-refractivity contribution in [2.24, 2.45) is 22.9 Å². The van der Waals surface area contributed by atoms with E-state index in [2.05, 4.69) is 19.0 Å². The maximum absolute atomic E-state index is 10.3. The molecule has 0 saturated carbocycles. The number of hydrogen-bond donors (Lipinski definition) is 4. The third-order valence-corrected chi connectivity index (χ3v) is 1.74. The van der Waals surface area contributed by atoms with E-state index in [0.29, 0.717) is 0 Å². The molecule has 0 unspecified atom stereocenters. The third kappa shape index (κ3) is 44.9. The van der Waals surface area contributed by atoms with Gasteiger partial charge in [-0.1, -0.05) is 0 Å². The van der Waals surface area contributed by atoms with Crippen LogP contribution in [0.5, 0.6) is 0 Å².